The monoisotopic (exact) mass is 372 g/mol. The van der Waals surface area contributed by atoms with E-state index in [0.29, 0.717) is 5.25 Å². The second kappa shape index (κ2) is 17.5. The fourth-order valence-corrected chi connectivity index (χ4v) is 4.19. The fraction of sp³-hybridized carbons (Fsp3) is 0.680. The van der Waals surface area contributed by atoms with Crippen molar-refractivity contribution in [1.82, 2.24) is 0 Å². The van der Waals surface area contributed by atoms with Crippen LogP contribution in [-0.4, -0.2) is 5.75 Å². The summed E-state index contributed by atoms with van der Waals surface area (Å²) in [6.07, 6.45) is 17.6. The van der Waals surface area contributed by atoms with Gasteiger partial charge in [-0.1, -0.05) is 114 Å². The summed E-state index contributed by atoms with van der Waals surface area (Å²) in [4.78, 5) is 0. The summed E-state index contributed by atoms with van der Waals surface area (Å²) in [7, 11) is 0. The largest absolute Gasteiger partial charge is 0.141 e. The average molecular weight is 373 g/mol. The molecule has 26 heavy (non-hydrogen) atoms. The van der Waals surface area contributed by atoms with Crippen molar-refractivity contribution in [3.05, 3.63) is 35.9 Å². The molecule has 0 N–H and O–H groups in total. The van der Waals surface area contributed by atoms with E-state index >= 15 is 0 Å². The lowest BCUT2D eigenvalue weighted by Crippen LogP contribution is -1.93. The molecular weight excluding hydrogens is 332 g/mol. The highest BCUT2D eigenvalue weighted by Crippen LogP contribution is 2.29. The first-order valence-electron chi connectivity index (χ1n) is 11.0. The molecule has 1 unspecified atom stereocenters. The molecule has 1 rings (SSSR count). The Labute approximate surface area is 167 Å². The zero-order valence-electron chi connectivity index (χ0n) is 17.3. The first kappa shape index (κ1) is 23.2. The molecule has 0 radical (unpaired) electrons. The van der Waals surface area contributed by atoms with E-state index in [0.717, 1.165) is 6.42 Å². The minimum atomic E-state index is 0.353. The van der Waals surface area contributed by atoms with E-state index in [1.54, 1.807) is 0 Å². The Morgan fingerprint density at radius 2 is 1.31 bits per heavy atom. The molecule has 0 saturated carbocycles. The van der Waals surface area contributed by atoms with E-state index in [-0.39, 0.29) is 0 Å². The van der Waals surface area contributed by atoms with Gasteiger partial charge in [-0.3, -0.25) is 0 Å². The summed E-state index contributed by atoms with van der Waals surface area (Å²) >= 11 is 2.04. The van der Waals surface area contributed by atoms with Crippen molar-refractivity contribution in [1.29, 1.82) is 0 Å². The molecule has 1 atom stereocenters. The van der Waals surface area contributed by atoms with Crippen LogP contribution in [0, 0.1) is 11.8 Å². The molecule has 0 aliphatic heterocycles. The van der Waals surface area contributed by atoms with Gasteiger partial charge in [-0.15, -0.1) is 17.7 Å². The predicted octanol–water partition coefficient (Wildman–Crippen LogP) is 8.58. The van der Waals surface area contributed by atoms with Gasteiger partial charge in [0.2, 0.25) is 0 Å². The van der Waals surface area contributed by atoms with Gasteiger partial charge in [0.15, 0.2) is 0 Å². The van der Waals surface area contributed by atoms with Gasteiger partial charge in [-0.05, 0) is 24.2 Å². The molecule has 0 bridgehead atoms. The molecule has 0 amide bonds. The van der Waals surface area contributed by atoms with Gasteiger partial charge in [0.25, 0.3) is 0 Å². The van der Waals surface area contributed by atoms with Crippen molar-refractivity contribution in [3.63, 3.8) is 0 Å². The lowest BCUT2D eigenvalue weighted by atomic mass is 10.1. The molecule has 1 aromatic rings. The fourth-order valence-electron chi connectivity index (χ4n) is 3.07. The maximum Gasteiger partial charge on any atom is 0.0905 e. The molecule has 0 fully saturated rings. The topological polar surface area (TPSA) is 0 Å². The Bertz CT molecular complexity index is 468. The third-order valence-corrected chi connectivity index (χ3v) is 6.02. The van der Waals surface area contributed by atoms with Crippen molar-refractivity contribution in [3.8, 4) is 11.8 Å². The van der Waals surface area contributed by atoms with Crippen LogP contribution in [0.5, 0.6) is 0 Å². The van der Waals surface area contributed by atoms with E-state index in [9.17, 15) is 0 Å². The van der Waals surface area contributed by atoms with Gasteiger partial charge >= 0.3 is 0 Å². The Hall–Kier alpha value is -0.870. The summed E-state index contributed by atoms with van der Waals surface area (Å²) in [5, 5.41) is 0.353. The van der Waals surface area contributed by atoms with E-state index < -0.39 is 0 Å². The van der Waals surface area contributed by atoms with Crippen LogP contribution >= 0.6 is 11.8 Å². The average Bonchev–Trinajstić information content (AvgIpc) is 2.68. The highest BCUT2D eigenvalue weighted by atomic mass is 32.2. The van der Waals surface area contributed by atoms with E-state index in [4.69, 9.17) is 0 Å². The van der Waals surface area contributed by atoms with Crippen LogP contribution < -0.4 is 0 Å². The smallest absolute Gasteiger partial charge is 0.0905 e. The maximum atomic E-state index is 3.52. The highest BCUT2D eigenvalue weighted by Gasteiger charge is 2.08. The van der Waals surface area contributed by atoms with Crippen LogP contribution in [-0.2, 0) is 0 Å². The first-order valence-corrected chi connectivity index (χ1v) is 12.1. The van der Waals surface area contributed by atoms with Crippen molar-refractivity contribution >= 4 is 11.8 Å². The number of hydrogen-bond donors (Lipinski definition) is 0. The van der Waals surface area contributed by atoms with Crippen LogP contribution in [0.4, 0.5) is 0 Å². The molecule has 0 spiro atoms. The Balaban J connectivity index is 2.16. The SMILES string of the molecule is CCCCC#CC(SCCCCCCCCCCCC)c1ccccc1. The maximum absolute atomic E-state index is 3.52. The second-order valence-corrected chi connectivity index (χ2v) is 8.48. The van der Waals surface area contributed by atoms with Gasteiger partial charge in [-0.25, -0.2) is 0 Å². The third-order valence-electron chi connectivity index (χ3n) is 4.77. The summed E-state index contributed by atoms with van der Waals surface area (Å²) in [6, 6.07) is 10.8. The zero-order valence-corrected chi connectivity index (χ0v) is 18.1. The molecule has 0 aliphatic carbocycles. The zero-order chi connectivity index (χ0) is 18.7. The lowest BCUT2D eigenvalue weighted by molar-refractivity contribution is 0.563. The molecule has 0 nitrogen and oxygen atoms in total. The van der Waals surface area contributed by atoms with Crippen molar-refractivity contribution < 1.29 is 0 Å². The summed E-state index contributed by atoms with van der Waals surface area (Å²) < 4.78 is 0. The quantitative estimate of drug-likeness (QED) is 0.219. The van der Waals surface area contributed by atoms with Crippen molar-refractivity contribution in [2.75, 3.05) is 5.75 Å². The Morgan fingerprint density at radius 3 is 1.92 bits per heavy atom. The predicted molar refractivity (Wildman–Crippen MR) is 121 cm³/mol. The van der Waals surface area contributed by atoms with E-state index in [1.807, 2.05) is 11.8 Å². The number of thioether (sulfide) groups is 1. The number of rotatable bonds is 15. The lowest BCUT2D eigenvalue weighted by Gasteiger charge is -2.11. The van der Waals surface area contributed by atoms with Gasteiger partial charge in [0.05, 0.1) is 5.25 Å². The van der Waals surface area contributed by atoms with Crippen LogP contribution in [0.2, 0.25) is 0 Å². The van der Waals surface area contributed by atoms with Gasteiger partial charge in [0, 0.05) is 6.42 Å². The number of hydrogen-bond acceptors (Lipinski definition) is 1. The van der Waals surface area contributed by atoms with Gasteiger partial charge in [0.1, 0.15) is 0 Å². The first-order chi connectivity index (χ1) is 12.9. The molecule has 0 aromatic heterocycles. The number of unbranched alkanes of at least 4 members (excludes halogenated alkanes) is 11. The van der Waals surface area contributed by atoms with Gasteiger partial charge in [-0.2, -0.15) is 0 Å². The van der Waals surface area contributed by atoms with Crippen LogP contribution in [0.15, 0.2) is 30.3 Å². The third kappa shape index (κ3) is 12.5. The molecule has 0 aliphatic rings. The Kier molecular flexibility index (Phi) is 15.6. The van der Waals surface area contributed by atoms with Gasteiger partial charge < -0.3 is 0 Å². The minimum Gasteiger partial charge on any atom is -0.141 e. The Morgan fingerprint density at radius 1 is 0.731 bits per heavy atom. The highest BCUT2D eigenvalue weighted by molar-refractivity contribution is 7.99. The molecule has 1 aromatic carbocycles. The van der Waals surface area contributed by atoms with Crippen LogP contribution in [0.25, 0.3) is 0 Å². The standard InChI is InChI=1S/C25H40S/c1-3-5-7-9-10-11-12-13-14-19-23-26-25(22-18-8-6-4-2)24-20-16-15-17-21-24/h15-17,20-21,25H,3-14,19,23H2,1-2H3. The molecule has 0 saturated heterocycles. The molecular formula is C25H40S. The van der Waals surface area contributed by atoms with E-state index in [1.165, 1.54) is 88.4 Å². The minimum absolute atomic E-state index is 0.353. The van der Waals surface area contributed by atoms with E-state index in [2.05, 4.69) is 56.0 Å². The molecule has 0 heterocycles. The van der Waals surface area contributed by atoms with Crippen LogP contribution in [0.3, 0.4) is 0 Å². The van der Waals surface area contributed by atoms with Crippen molar-refractivity contribution in [2.45, 2.75) is 103 Å². The summed E-state index contributed by atoms with van der Waals surface area (Å²) in [6.45, 7) is 4.52. The summed E-state index contributed by atoms with van der Waals surface area (Å²) in [5.74, 6) is 8.16. The normalized spacial score (nSPS) is 11.8. The number of benzene rings is 1. The molecule has 1 heteroatoms. The van der Waals surface area contributed by atoms with Crippen molar-refractivity contribution in [2.24, 2.45) is 0 Å². The molecule has 146 valence electrons. The van der Waals surface area contributed by atoms with Crippen LogP contribution in [0.1, 0.15) is 108 Å². The summed E-state index contributed by atoms with van der Waals surface area (Å²) in [5.41, 5.74) is 1.37. The second-order valence-electron chi connectivity index (χ2n) is 7.27.